The summed E-state index contributed by atoms with van der Waals surface area (Å²) in [6.07, 6.45) is 13.1. The molecule has 188 valence electrons. The van der Waals surface area contributed by atoms with Gasteiger partial charge in [-0.3, -0.25) is 0 Å². The number of carbonyl (C=O) groups excluding carboxylic acids is 1. The van der Waals surface area contributed by atoms with Crippen molar-refractivity contribution < 1.29 is 18.8 Å². The van der Waals surface area contributed by atoms with Crippen molar-refractivity contribution in [3.63, 3.8) is 0 Å². The lowest BCUT2D eigenvalue weighted by Gasteiger charge is -2.39. The highest BCUT2D eigenvalue weighted by molar-refractivity contribution is 5.87. The quantitative estimate of drug-likeness (QED) is 0.500. The van der Waals surface area contributed by atoms with E-state index in [0.29, 0.717) is 42.2 Å². The van der Waals surface area contributed by atoms with Gasteiger partial charge in [-0.1, -0.05) is 24.4 Å². The van der Waals surface area contributed by atoms with Gasteiger partial charge in [0.25, 0.3) is 0 Å². The molecule has 2 atom stereocenters. The van der Waals surface area contributed by atoms with Gasteiger partial charge >= 0.3 is 5.97 Å². The summed E-state index contributed by atoms with van der Waals surface area (Å²) in [7, 11) is 1.38. The van der Waals surface area contributed by atoms with Crippen molar-refractivity contribution in [3.05, 3.63) is 34.5 Å². The van der Waals surface area contributed by atoms with E-state index in [1.807, 2.05) is 6.92 Å². The molecule has 0 radical (unpaired) electrons. The number of aryl methyl sites for hydroxylation is 1. The lowest BCUT2D eigenvalue weighted by molar-refractivity contribution is 0.0138. The second kappa shape index (κ2) is 9.52. The standard InChI is InChI=1S/C27H36N4O4/c1-16-12-23(26(32)33-2)29-27(28-16)31-19-10-11-20(31)14-21(13-19)34-15-22-24(17-6-4-3-5-7-17)30-35-25(22)18-8-9-18/h12,17-21H,3-11,13-15H2,1-2H3. The Morgan fingerprint density at radius 3 is 2.46 bits per heavy atom. The number of piperidine rings is 1. The van der Waals surface area contributed by atoms with Gasteiger partial charge in [0.2, 0.25) is 5.95 Å². The molecule has 0 amide bonds. The van der Waals surface area contributed by atoms with Gasteiger partial charge in [0.1, 0.15) is 5.76 Å². The van der Waals surface area contributed by atoms with Crippen LogP contribution >= 0.6 is 0 Å². The van der Waals surface area contributed by atoms with Crippen molar-refractivity contribution in [2.45, 2.75) is 114 Å². The van der Waals surface area contributed by atoms with E-state index < -0.39 is 5.97 Å². The van der Waals surface area contributed by atoms with Crippen LogP contribution in [-0.2, 0) is 16.1 Å². The number of rotatable bonds is 7. The van der Waals surface area contributed by atoms with E-state index in [1.54, 1.807) is 6.07 Å². The zero-order valence-electron chi connectivity index (χ0n) is 20.9. The largest absolute Gasteiger partial charge is 0.464 e. The highest BCUT2D eigenvalue weighted by Gasteiger charge is 2.43. The van der Waals surface area contributed by atoms with Gasteiger partial charge in [-0.15, -0.1) is 0 Å². The van der Waals surface area contributed by atoms with E-state index in [2.05, 4.69) is 20.0 Å². The van der Waals surface area contributed by atoms with Crippen molar-refractivity contribution in [1.29, 1.82) is 0 Å². The molecule has 2 unspecified atom stereocenters. The number of carbonyl (C=O) groups is 1. The Bertz CT molecular complexity index is 1060. The van der Waals surface area contributed by atoms with E-state index in [-0.39, 0.29) is 6.10 Å². The molecule has 0 aromatic carbocycles. The lowest BCUT2D eigenvalue weighted by atomic mass is 9.85. The van der Waals surface area contributed by atoms with Crippen molar-refractivity contribution in [1.82, 2.24) is 15.1 Å². The van der Waals surface area contributed by atoms with Crippen LogP contribution in [-0.4, -0.2) is 46.4 Å². The number of ether oxygens (including phenoxy) is 2. The smallest absolute Gasteiger partial charge is 0.356 e. The van der Waals surface area contributed by atoms with E-state index in [9.17, 15) is 4.79 Å². The predicted molar refractivity (Wildman–Crippen MR) is 130 cm³/mol. The number of hydrogen-bond acceptors (Lipinski definition) is 8. The molecule has 6 rings (SSSR count). The first-order valence-electron chi connectivity index (χ1n) is 13.4. The van der Waals surface area contributed by atoms with Crippen molar-refractivity contribution in [3.8, 4) is 0 Å². The molecular formula is C27H36N4O4. The molecule has 4 fully saturated rings. The summed E-state index contributed by atoms with van der Waals surface area (Å²) in [4.78, 5) is 23.6. The maximum absolute atomic E-state index is 12.1. The topological polar surface area (TPSA) is 90.6 Å². The molecule has 0 N–H and O–H groups in total. The van der Waals surface area contributed by atoms with Crippen molar-refractivity contribution >= 4 is 11.9 Å². The summed E-state index contributed by atoms with van der Waals surface area (Å²) >= 11 is 0. The molecule has 8 heteroatoms. The minimum absolute atomic E-state index is 0.204. The SMILES string of the molecule is COC(=O)c1cc(C)nc(N2C3CCC2CC(OCc2c(C4CCCCC4)noc2C2CC2)C3)n1. The van der Waals surface area contributed by atoms with Gasteiger partial charge in [-0.2, -0.15) is 0 Å². The molecule has 2 aromatic heterocycles. The van der Waals surface area contributed by atoms with Crippen LogP contribution in [0.25, 0.3) is 0 Å². The number of anilines is 1. The van der Waals surface area contributed by atoms with Gasteiger partial charge in [0.15, 0.2) is 5.69 Å². The van der Waals surface area contributed by atoms with Crippen LogP contribution in [0.3, 0.4) is 0 Å². The average molecular weight is 481 g/mol. The van der Waals surface area contributed by atoms with Crippen LogP contribution in [0.15, 0.2) is 10.6 Å². The average Bonchev–Trinajstić information content (AvgIpc) is 3.58. The Hall–Kier alpha value is -2.48. The van der Waals surface area contributed by atoms with Crippen LogP contribution < -0.4 is 4.90 Å². The summed E-state index contributed by atoms with van der Waals surface area (Å²) in [6.45, 7) is 2.51. The highest BCUT2D eigenvalue weighted by atomic mass is 16.5. The Labute approximate surface area is 206 Å². The first-order chi connectivity index (χ1) is 17.1. The minimum atomic E-state index is -0.420. The predicted octanol–water partition coefficient (Wildman–Crippen LogP) is 5.20. The number of fused-ring (bicyclic) bond motifs is 2. The summed E-state index contributed by atoms with van der Waals surface area (Å²) in [5, 5.41) is 4.58. The zero-order valence-corrected chi connectivity index (χ0v) is 20.9. The van der Waals surface area contributed by atoms with E-state index in [4.69, 9.17) is 14.0 Å². The third-order valence-electron chi connectivity index (χ3n) is 8.41. The van der Waals surface area contributed by atoms with E-state index in [1.165, 1.54) is 63.3 Å². The molecule has 8 nitrogen and oxygen atoms in total. The zero-order chi connectivity index (χ0) is 23.9. The Kier molecular flexibility index (Phi) is 6.25. The first kappa shape index (κ1) is 23.0. The fourth-order valence-corrected chi connectivity index (χ4v) is 6.51. The van der Waals surface area contributed by atoms with E-state index >= 15 is 0 Å². The normalized spacial score (nSPS) is 26.8. The number of aromatic nitrogens is 3. The molecule has 0 spiro atoms. The van der Waals surface area contributed by atoms with Crippen LogP contribution in [0.4, 0.5) is 5.95 Å². The molecule has 35 heavy (non-hydrogen) atoms. The molecule has 2 aliphatic carbocycles. The van der Waals surface area contributed by atoms with Crippen LogP contribution in [0, 0.1) is 6.92 Å². The monoisotopic (exact) mass is 480 g/mol. The second-order valence-corrected chi connectivity index (χ2v) is 10.9. The summed E-state index contributed by atoms with van der Waals surface area (Å²) in [5.41, 5.74) is 3.53. The van der Waals surface area contributed by atoms with E-state index in [0.717, 1.165) is 37.1 Å². The molecule has 2 bridgehead atoms. The Morgan fingerprint density at radius 1 is 1.03 bits per heavy atom. The van der Waals surface area contributed by atoms with Crippen molar-refractivity contribution in [2.24, 2.45) is 0 Å². The maximum Gasteiger partial charge on any atom is 0.356 e. The van der Waals surface area contributed by atoms with Gasteiger partial charge < -0.3 is 18.9 Å². The second-order valence-electron chi connectivity index (χ2n) is 10.9. The van der Waals surface area contributed by atoms with Gasteiger partial charge in [0, 0.05) is 35.2 Å². The Balaban J connectivity index is 1.16. The summed E-state index contributed by atoms with van der Waals surface area (Å²) in [5.74, 6) is 2.38. The highest BCUT2D eigenvalue weighted by Crippen LogP contribution is 2.46. The third-order valence-corrected chi connectivity index (χ3v) is 8.41. The van der Waals surface area contributed by atoms with Crippen LogP contribution in [0.2, 0.25) is 0 Å². The number of nitrogens with zero attached hydrogens (tertiary/aromatic N) is 4. The first-order valence-corrected chi connectivity index (χ1v) is 13.4. The third kappa shape index (κ3) is 4.57. The molecule has 2 saturated carbocycles. The summed E-state index contributed by atoms with van der Waals surface area (Å²) in [6, 6.07) is 2.34. The van der Waals surface area contributed by atoms with Gasteiger partial charge in [-0.25, -0.2) is 14.8 Å². The number of esters is 1. The molecule has 2 aromatic rings. The van der Waals surface area contributed by atoms with Crippen molar-refractivity contribution in [2.75, 3.05) is 12.0 Å². The molecule has 4 heterocycles. The fraction of sp³-hybridized carbons (Fsp3) is 0.704. The lowest BCUT2D eigenvalue weighted by Crippen LogP contribution is -2.46. The molecular weight excluding hydrogens is 444 g/mol. The van der Waals surface area contributed by atoms with Crippen LogP contribution in [0.1, 0.15) is 116 Å². The van der Waals surface area contributed by atoms with Gasteiger partial charge in [-0.05, 0) is 64.4 Å². The number of hydrogen-bond donors (Lipinski definition) is 0. The number of methoxy groups -OCH3 is 1. The van der Waals surface area contributed by atoms with Gasteiger partial charge in [0.05, 0.1) is 25.5 Å². The fourth-order valence-electron chi connectivity index (χ4n) is 6.51. The van der Waals surface area contributed by atoms with Crippen LogP contribution in [0.5, 0.6) is 0 Å². The Morgan fingerprint density at radius 2 is 1.77 bits per heavy atom. The summed E-state index contributed by atoms with van der Waals surface area (Å²) < 4.78 is 17.4. The maximum atomic E-state index is 12.1. The molecule has 4 aliphatic rings. The minimum Gasteiger partial charge on any atom is -0.464 e. The molecule has 2 aliphatic heterocycles. The molecule has 2 saturated heterocycles.